The lowest BCUT2D eigenvalue weighted by atomic mass is 10.1. The molecule has 0 bridgehead atoms. The third-order valence-electron chi connectivity index (χ3n) is 2.11. The molecule has 4 nitrogen and oxygen atoms in total. The van der Waals surface area contributed by atoms with Crippen LogP contribution in [0.15, 0.2) is 17.1 Å². The molecule has 0 spiro atoms. The van der Waals surface area contributed by atoms with Crippen molar-refractivity contribution in [2.75, 3.05) is 14.2 Å². The molecule has 1 rings (SSSR count). The maximum absolute atomic E-state index is 10.0. The number of carbonyl (C=O) groups excluding carboxylic acids is 1. The highest BCUT2D eigenvalue weighted by Gasteiger charge is 2.11. The molecule has 0 aliphatic rings. The first-order valence-corrected chi connectivity index (χ1v) is 4.48. The van der Waals surface area contributed by atoms with Crippen LogP contribution in [0, 0.1) is 6.92 Å². The minimum atomic E-state index is 0.253. The van der Waals surface area contributed by atoms with Crippen LogP contribution in [0.4, 0.5) is 0 Å². The summed E-state index contributed by atoms with van der Waals surface area (Å²) in [5.74, 6) is 1.30. The highest BCUT2D eigenvalue weighted by molar-refractivity contribution is 5.52. The summed E-state index contributed by atoms with van der Waals surface area (Å²) >= 11 is 0. The fourth-order valence-corrected chi connectivity index (χ4v) is 1.42. The standard InChI is InChI=1S/C11H13NO3/c1-8-4-5-9(6-12-7-13)11(15-3)10(8)14-2/h4-5H,6H2,1-3H3. The Bertz CT molecular complexity index is 395. The molecule has 0 heterocycles. The van der Waals surface area contributed by atoms with Crippen LogP contribution in [0.2, 0.25) is 0 Å². The van der Waals surface area contributed by atoms with E-state index in [1.165, 1.54) is 6.08 Å². The molecule has 0 aromatic heterocycles. The highest BCUT2D eigenvalue weighted by atomic mass is 16.5. The van der Waals surface area contributed by atoms with Gasteiger partial charge in [-0.3, -0.25) is 0 Å². The van der Waals surface area contributed by atoms with Crippen LogP contribution in [-0.4, -0.2) is 20.3 Å². The fourth-order valence-electron chi connectivity index (χ4n) is 1.42. The highest BCUT2D eigenvalue weighted by Crippen LogP contribution is 2.34. The normalized spacial score (nSPS) is 9.27. The number of methoxy groups -OCH3 is 2. The van der Waals surface area contributed by atoms with E-state index in [4.69, 9.17) is 9.47 Å². The van der Waals surface area contributed by atoms with Crippen molar-refractivity contribution in [3.05, 3.63) is 23.3 Å². The molecule has 0 fully saturated rings. The van der Waals surface area contributed by atoms with E-state index >= 15 is 0 Å². The lowest BCUT2D eigenvalue weighted by Crippen LogP contribution is -1.97. The van der Waals surface area contributed by atoms with Crippen LogP contribution in [0.3, 0.4) is 0 Å². The number of hydrogen-bond acceptors (Lipinski definition) is 4. The summed E-state index contributed by atoms with van der Waals surface area (Å²) in [6, 6.07) is 3.76. The second kappa shape index (κ2) is 5.17. The van der Waals surface area contributed by atoms with E-state index in [1.54, 1.807) is 14.2 Å². The zero-order valence-electron chi connectivity index (χ0n) is 9.03. The fraction of sp³-hybridized carbons (Fsp3) is 0.364. The summed E-state index contributed by atoms with van der Waals surface area (Å²) in [5.41, 5.74) is 1.79. The van der Waals surface area contributed by atoms with Gasteiger partial charge in [-0.25, -0.2) is 9.79 Å². The quantitative estimate of drug-likeness (QED) is 0.559. The van der Waals surface area contributed by atoms with Crippen molar-refractivity contribution in [1.82, 2.24) is 0 Å². The van der Waals surface area contributed by atoms with Gasteiger partial charge >= 0.3 is 0 Å². The molecule has 0 saturated heterocycles. The average molecular weight is 207 g/mol. The molecule has 0 radical (unpaired) electrons. The van der Waals surface area contributed by atoms with Crippen LogP contribution in [0.1, 0.15) is 11.1 Å². The summed E-state index contributed by atoms with van der Waals surface area (Å²) in [6.45, 7) is 2.18. The van der Waals surface area contributed by atoms with Crippen molar-refractivity contribution in [3.63, 3.8) is 0 Å². The minimum Gasteiger partial charge on any atom is -0.493 e. The van der Waals surface area contributed by atoms with E-state index in [0.29, 0.717) is 11.5 Å². The van der Waals surface area contributed by atoms with Crippen molar-refractivity contribution in [1.29, 1.82) is 0 Å². The van der Waals surface area contributed by atoms with Crippen molar-refractivity contribution in [2.45, 2.75) is 13.5 Å². The van der Waals surface area contributed by atoms with Crippen molar-refractivity contribution in [3.8, 4) is 11.5 Å². The minimum absolute atomic E-state index is 0.253. The topological polar surface area (TPSA) is 47.9 Å². The Morgan fingerprint density at radius 2 is 1.93 bits per heavy atom. The van der Waals surface area contributed by atoms with Gasteiger partial charge in [0.2, 0.25) is 6.08 Å². The molecule has 4 heteroatoms. The van der Waals surface area contributed by atoms with Crippen LogP contribution in [0.25, 0.3) is 0 Å². The molecular weight excluding hydrogens is 194 g/mol. The van der Waals surface area contributed by atoms with Gasteiger partial charge in [-0.15, -0.1) is 0 Å². The third-order valence-corrected chi connectivity index (χ3v) is 2.11. The number of nitrogens with zero attached hydrogens (tertiary/aromatic N) is 1. The van der Waals surface area contributed by atoms with Crippen molar-refractivity contribution in [2.24, 2.45) is 4.99 Å². The maximum Gasteiger partial charge on any atom is 0.235 e. The van der Waals surface area contributed by atoms with Gasteiger partial charge in [0.15, 0.2) is 11.5 Å². The second-order valence-corrected chi connectivity index (χ2v) is 3.02. The monoisotopic (exact) mass is 207 g/mol. The second-order valence-electron chi connectivity index (χ2n) is 3.02. The molecule has 0 unspecified atom stereocenters. The Morgan fingerprint density at radius 1 is 1.27 bits per heavy atom. The number of aryl methyl sites for hydroxylation is 1. The zero-order valence-corrected chi connectivity index (χ0v) is 9.03. The molecule has 0 aliphatic heterocycles. The van der Waals surface area contributed by atoms with Gasteiger partial charge in [0.05, 0.1) is 20.8 Å². The predicted octanol–water partition coefficient (Wildman–Crippen LogP) is 1.85. The Kier molecular flexibility index (Phi) is 3.89. The molecule has 0 atom stereocenters. The lowest BCUT2D eigenvalue weighted by molar-refractivity contribution is 0.350. The lowest BCUT2D eigenvalue weighted by Gasteiger charge is -2.13. The van der Waals surface area contributed by atoms with Gasteiger partial charge in [-0.1, -0.05) is 12.1 Å². The van der Waals surface area contributed by atoms with Crippen molar-refractivity contribution >= 4 is 6.08 Å². The molecule has 1 aromatic rings. The van der Waals surface area contributed by atoms with E-state index in [1.807, 2.05) is 19.1 Å². The summed E-state index contributed by atoms with van der Waals surface area (Å²) < 4.78 is 10.5. The summed E-state index contributed by atoms with van der Waals surface area (Å²) in [4.78, 5) is 13.6. The van der Waals surface area contributed by atoms with Crippen LogP contribution in [-0.2, 0) is 11.3 Å². The Labute approximate surface area is 88.5 Å². The average Bonchev–Trinajstić information content (AvgIpc) is 2.26. The zero-order chi connectivity index (χ0) is 11.3. The molecule has 1 aromatic carbocycles. The number of hydrogen-bond donors (Lipinski definition) is 0. The first-order valence-electron chi connectivity index (χ1n) is 4.48. The van der Waals surface area contributed by atoms with Gasteiger partial charge in [-0.05, 0) is 12.5 Å². The number of rotatable bonds is 4. The van der Waals surface area contributed by atoms with Crippen LogP contribution < -0.4 is 9.47 Å². The molecule has 0 N–H and O–H groups in total. The first-order chi connectivity index (χ1) is 7.24. The summed E-state index contributed by atoms with van der Waals surface area (Å²) in [6.07, 6.45) is 1.50. The van der Waals surface area contributed by atoms with Gasteiger partial charge in [0, 0.05) is 5.56 Å². The maximum atomic E-state index is 10.0. The summed E-state index contributed by atoms with van der Waals surface area (Å²) in [7, 11) is 3.14. The Balaban J connectivity index is 3.21. The number of benzene rings is 1. The van der Waals surface area contributed by atoms with Gasteiger partial charge in [0.1, 0.15) is 0 Å². The molecule has 0 amide bonds. The van der Waals surface area contributed by atoms with Gasteiger partial charge < -0.3 is 9.47 Å². The van der Waals surface area contributed by atoms with E-state index in [9.17, 15) is 4.79 Å². The van der Waals surface area contributed by atoms with Gasteiger partial charge in [0.25, 0.3) is 0 Å². The predicted molar refractivity (Wildman–Crippen MR) is 56.1 cm³/mol. The number of aliphatic imine (C=N–C) groups is 1. The largest absolute Gasteiger partial charge is 0.493 e. The third kappa shape index (κ3) is 2.36. The molecule has 15 heavy (non-hydrogen) atoms. The van der Waals surface area contributed by atoms with E-state index in [0.717, 1.165) is 11.1 Å². The number of isocyanates is 1. The van der Waals surface area contributed by atoms with E-state index < -0.39 is 0 Å². The molecule has 0 saturated carbocycles. The first kappa shape index (κ1) is 11.3. The van der Waals surface area contributed by atoms with E-state index in [-0.39, 0.29) is 6.54 Å². The smallest absolute Gasteiger partial charge is 0.235 e. The summed E-state index contributed by atoms with van der Waals surface area (Å²) in [5, 5.41) is 0. The van der Waals surface area contributed by atoms with Crippen molar-refractivity contribution < 1.29 is 14.3 Å². The van der Waals surface area contributed by atoms with Gasteiger partial charge in [-0.2, -0.15) is 0 Å². The Hall–Kier alpha value is -1.80. The molecule has 80 valence electrons. The molecular formula is C11H13NO3. The van der Waals surface area contributed by atoms with E-state index in [2.05, 4.69) is 4.99 Å². The Morgan fingerprint density at radius 3 is 2.47 bits per heavy atom. The molecule has 0 aliphatic carbocycles. The number of ether oxygens (including phenoxy) is 2. The SMILES string of the molecule is COc1c(C)ccc(CN=C=O)c1OC. The van der Waals surface area contributed by atoms with Crippen LogP contribution in [0.5, 0.6) is 11.5 Å². The van der Waals surface area contributed by atoms with Crippen LogP contribution >= 0.6 is 0 Å².